The van der Waals surface area contributed by atoms with Gasteiger partial charge in [-0.3, -0.25) is 9.89 Å². The highest BCUT2D eigenvalue weighted by atomic mass is 16.5. The molecule has 2 fully saturated rings. The molecule has 0 unspecified atom stereocenters. The Morgan fingerprint density at radius 1 is 1.12 bits per heavy atom. The highest BCUT2D eigenvalue weighted by molar-refractivity contribution is 5.79. The van der Waals surface area contributed by atoms with E-state index in [4.69, 9.17) is 14.5 Å². The second-order valence-corrected chi connectivity index (χ2v) is 7.16. The Morgan fingerprint density at radius 2 is 1.84 bits per heavy atom. The van der Waals surface area contributed by atoms with E-state index in [-0.39, 0.29) is 0 Å². The zero-order valence-corrected chi connectivity index (χ0v) is 16.3. The predicted molar refractivity (Wildman–Crippen MR) is 103 cm³/mol. The molecule has 2 aliphatic heterocycles. The fourth-order valence-electron chi connectivity index (χ4n) is 3.44. The van der Waals surface area contributed by atoms with Crippen molar-refractivity contribution >= 4 is 5.96 Å². The summed E-state index contributed by atoms with van der Waals surface area (Å²) in [7, 11) is 2.16. The molecule has 146 valence electrons. The minimum atomic E-state index is 0.813. The maximum absolute atomic E-state index is 5.45. The van der Waals surface area contributed by atoms with Gasteiger partial charge in [-0.25, -0.2) is 0 Å². The number of unbranched alkanes of at least 4 members (excludes halogenated alkanes) is 1. The van der Waals surface area contributed by atoms with Gasteiger partial charge in [0.1, 0.15) is 0 Å². The fraction of sp³-hybridized carbons (Fsp3) is 0.947. The van der Waals surface area contributed by atoms with E-state index in [2.05, 4.69) is 29.1 Å². The summed E-state index contributed by atoms with van der Waals surface area (Å²) in [6.45, 7) is 12.0. The third-order valence-electron chi connectivity index (χ3n) is 5.16. The van der Waals surface area contributed by atoms with Crippen LogP contribution in [-0.2, 0) is 9.47 Å². The molecule has 0 spiro atoms. The molecule has 0 aromatic carbocycles. The predicted octanol–water partition coefficient (Wildman–Crippen LogP) is 1.81. The Labute approximate surface area is 153 Å². The number of nitrogens with zero attached hydrogens (tertiary/aromatic N) is 3. The zero-order chi connectivity index (χ0) is 17.7. The molecular weight excluding hydrogens is 316 g/mol. The van der Waals surface area contributed by atoms with Gasteiger partial charge in [0.25, 0.3) is 0 Å². The smallest absolute Gasteiger partial charge is 0.193 e. The standard InChI is InChI=1S/C19H38N4O2/c1-3-20-19(22(2)11-6-18-7-14-24-15-8-18)21-9-4-5-10-23-12-16-25-17-13-23/h18H,3-17H2,1-2H3,(H,20,21). The van der Waals surface area contributed by atoms with Crippen molar-refractivity contribution in [3.63, 3.8) is 0 Å². The number of aliphatic imine (C=N–C) groups is 1. The third-order valence-corrected chi connectivity index (χ3v) is 5.16. The molecule has 1 N–H and O–H groups in total. The maximum atomic E-state index is 5.45. The molecule has 2 saturated heterocycles. The van der Waals surface area contributed by atoms with E-state index in [0.717, 1.165) is 77.4 Å². The van der Waals surface area contributed by atoms with Crippen LogP contribution in [0.3, 0.4) is 0 Å². The molecule has 0 atom stereocenters. The average molecular weight is 355 g/mol. The van der Waals surface area contributed by atoms with Crippen molar-refractivity contribution in [2.24, 2.45) is 10.9 Å². The van der Waals surface area contributed by atoms with Gasteiger partial charge in [-0.15, -0.1) is 0 Å². The molecule has 0 aromatic rings. The minimum Gasteiger partial charge on any atom is -0.381 e. The van der Waals surface area contributed by atoms with Gasteiger partial charge in [-0.1, -0.05) is 0 Å². The van der Waals surface area contributed by atoms with Crippen molar-refractivity contribution < 1.29 is 9.47 Å². The number of morpholine rings is 1. The van der Waals surface area contributed by atoms with Crippen LogP contribution in [0.15, 0.2) is 4.99 Å². The number of nitrogens with one attached hydrogen (secondary N) is 1. The number of hydrogen-bond acceptors (Lipinski definition) is 4. The van der Waals surface area contributed by atoms with Crippen molar-refractivity contribution in [2.45, 2.75) is 39.0 Å². The molecule has 0 radical (unpaired) electrons. The van der Waals surface area contributed by atoms with Gasteiger partial charge >= 0.3 is 0 Å². The molecule has 0 bridgehead atoms. The summed E-state index contributed by atoms with van der Waals surface area (Å²) in [5.41, 5.74) is 0. The molecule has 6 heteroatoms. The Hall–Kier alpha value is -0.850. The minimum absolute atomic E-state index is 0.813. The Bertz CT molecular complexity index is 366. The molecule has 0 aliphatic carbocycles. The van der Waals surface area contributed by atoms with Crippen LogP contribution in [0.4, 0.5) is 0 Å². The SMILES string of the molecule is CCNC(=NCCCCN1CCOCC1)N(C)CCC1CCOCC1. The van der Waals surface area contributed by atoms with Crippen molar-refractivity contribution in [1.29, 1.82) is 0 Å². The molecule has 0 aromatic heterocycles. The van der Waals surface area contributed by atoms with Crippen molar-refractivity contribution in [1.82, 2.24) is 15.1 Å². The van der Waals surface area contributed by atoms with Gasteiger partial charge in [0.05, 0.1) is 13.2 Å². The molecule has 0 amide bonds. The summed E-state index contributed by atoms with van der Waals surface area (Å²) >= 11 is 0. The van der Waals surface area contributed by atoms with E-state index in [1.807, 2.05) is 0 Å². The summed E-state index contributed by atoms with van der Waals surface area (Å²) in [6.07, 6.45) is 6.03. The van der Waals surface area contributed by atoms with E-state index < -0.39 is 0 Å². The van der Waals surface area contributed by atoms with Gasteiger partial charge in [0.2, 0.25) is 0 Å². The lowest BCUT2D eigenvalue weighted by atomic mass is 9.96. The van der Waals surface area contributed by atoms with E-state index in [0.29, 0.717) is 0 Å². The largest absolute Gasteiger partial charge is 0.381 e. The zero-order valence-electron chi connectivity index (χ0n) is 16.3. The van der Waals surface area contributed by atoms with E-state index in [1.165, 1.54) is 32.2 Å². The summed E-state index contributed by atoms with van der Waals surface area (Å²) in [5.74, 6) is 1.87. The molecule has 25 heavy (non-hydrogen) atoms. The first-order valence-corrected chi connectivity index (χ1v) is 10.2. The van der Waals surface area contributed by atoms with Gasteiger partial charge < -0.3 is 19.7 Å². The highest BCUT2D eigenvalue weighted by Crippen LogP contribution is 2.18. The Morgan fingerprint density at radius 3 is 2.56 bits per heavy atom. The monoisotopic (exact) mass is 354 g/mol. The first kappa shape index (κ1) is 20.5. The third kappa shape index (κ3) is 8.38. The summed E-state index contributed by atoms with van der Waals surface area (Å²) in [5, 5.41) is 3.43. The molecular formula is C19H38N4O2. The topological polar surface area (TPSA) is 49.3 Å². The van der Waals surface area contributed by atoms with Crippen molar-refractivity contribution in [3.05, 3.63) is 0 Å². The number of ether oxygens (including phenoxy) is 2. The summed E-state index contributed by atoms with van der Waals surface area (Å²) in [6, 6.07) is 0. The van der Waals surface area contributed by atoms with Crippen LogP contribution in [0.5, 0.6) is 0 Å². The van der Waals surface area contributed by atoms with Crippen LogP contribution < -0.4 is 5.32 Å². The molecule has 2 rings (SSSR count). The van der Waals surface area contributed by atoms with E-state index in [1.54, 1.807) is 0 Å². The molecule has 2 heterocycles. The average Bonchev–Trinajstić information content (AvgIpc) is 2.66. The van der Waals surface area contributed by atoms with Crippen molar-refractivity contribution in [3.8, 4) is 0 Å². The van der Waals surface area contributed by atoms with Gasteiger partial charge in [0, 0.05) is 53.0 Å². The van der Waals surface area contributed by atoms with Gasteiger partial charge in [-0.2, -0.15) is 0 Å². The van der Waals surface area contributed by atoms with Gasteiger partial charge in [0.15, 0.2) is 5.96 Å². The number of rotatable bonds is 9. The lowest BCUT2D eigenvalue weighted by Gasteiger charge is -2.27. The van der Waals surface area contributed by atoms with Crippen LogP contribution in [-0.4, -0.2) is 88.5 Å². The summed E-state index contributed by atoms with van der Waals surface area (Å²) in [4.78, 5) is 9.61. The maximum Gasteiger partial charge on any atom is 0.193 e. The van der Waals surface area contributed by atoms with E-state index in [9.17, 15) is 0 Å². The lowest BCUT2D eigenvalue weighted by Crippen LogP contribution is -2.40. The molecule has 2 aliphatic rings. The number of guanidine groups is 1. The highest BCUT2D eigenvalue weighted by Gasteiger charge is 2.15. The molecule has 6 nitrogen and oxygen atoms in total. The Kier molecular flexibility index (Phi) is 10.2. The molecule has 0 saturated carbocycles. The normalized spacial score (nSPS) is 20.6. The second kappa shape index (κ2) is 12.5. The fourth-order valence-corrected chi connectivity index (χ4v) is 3.44. The second-order valence-electron chi connectivity index (χ2n) is 7.16. The van der Waals surface area contributed by atoms with Crippen molar-refractivity contribution in [2.75, 3.05) is 72.7 Å². The first-order valence-electron chi connectivity index (χ1n) is 10.2. The lowest BCUT2D eigenvalue weighted by molar-refractivity contribution is 0.0373. The van der Waals surface area contributed by atoms with Crippen LogP contribution in [0, 0.1) is 5.92 Å². The van der Waals surface area contributed by atoms with E-state index >= 15 is 0 Å². The summed E-state index contributed by atoms with van der Waals surface area (Å²) < 4.78 is 10.8. The van der Waals surface area contributed by atoms with Crippen LogP contribution in [0.1, 0.15) is 39.0 Å². The number of hydrogen-bond donors (Lipinski definition) is 1. The van der Waals surface area contributed by atoms with Gasteiger partial charge in [-0.05, 0) is 51.5 Å². The van der Waals surface area contributed by atoms with Crippen LogP contribution in [0.25, 0.3) is 0 Å². The van der Waals surface area contributed by atoms with Crippen LogP contribution >= 0.6 is 0 Å². The quantitative estimate of drug-likeness (QED) is 0.389. The Balaban J connectivity index is 1.63. The van der Waals surface area contributed by atoms with Crippen LogP contribution in [0.2, 0.25) is 0 Å². The first-order chi connectivity index (χ1) is 12.3.